The Kier molecular flexibility index (Phi) is 5.98. The molecule has 0 atom stereocenters. The number of carbonyl (C=O) groups is 3. The summed E-state index contributed by atoms with van der Waals surface area (Å²) >= 11 is 6.68. The number of amides is 3. The topological polar surface area (TPSA) is 73.0 Å². The van der Waals surface area contributed by atoms with Gasteiger partial charge in [-0.05, 0) is 42.6 Å². The lowest BCUT2D eigenvalue weighted by Crippen LogP contribution is -2.54. The van der Waals surface area contributed by atoms with Crippen molar-refractivity contribution in [2.75, 3.05) is 39.8 Å². The summed E-state index contributed by atoms with van der Waals surface area (Å²) in [6.45, 7) is 2.84. The van der Waals surface area contributed by atoms with Gasteiger partial charge >= 0.3 is 0 Å². The van der Waals surface area contributed by atoms with E-state index >= 15 is 0 Å². The number of likely N-dealkylation sites (N-methyl/N-ethyl adjacent to an activating group) is 1. The van der Waals surface area contributed by atoms with E-state index in [4.69, 9.17) is 11.6 Å². The molecular weight excluding hydrogens is 376 g/mol. The van der Waals surface area contributed by atoms with Crippen molar-refractivity contribution in [3.05, 3.63) is 39.8 Å². The van der Waals surface area contributed by atoms with Crippen LogP contribution in [0.25, 0.3) is 6.08 Å². The zero-order valence-corrected chi connectivity index (χ0v) is 15.8. The summed E-state index contributed by atoms with van der Waals surface area (Å²) in [7, 11) is 2.02. The Morgan fingerprint density at radius 2 is 1.85 bits per heavy atom. The van der Waals surface area contributed by atoms with E-state index in [1.807, 2.05) is 12.1 Å². The first-order valence-corrected chi connectivity index (χ1v) is 9.36. The summed E-state index contributed by atoms with van der Waals surface area (Å²) in [6, 6.07) is 6.94. The second kappa shape index (κ2) is 8.22. The molecule has 2 saturated heterocycles. The van der Waals surface area contributed by atoms with Crippen molar-refractivity contribution in [1.82, 2.24) is 20.2 Å². The van der Waals surface area contributed by atoms with Crippen molar-refractivity contribution >= 4 is 46.5 Å². The molecule has 0 aromatic heterocycles. The minimum Gasteiger partial charge on any atom is -0.304 e. The molecule has 2 fully saturated rings. The number of hydrogen-bond acceptors (Lipinski definition) is 6. The molecule has 1 aromatic carbocycles. The van der Waals surface area contributed by atoms with E-state index in [9.17, 15) is 14.4 Å². The third kappa shape index (κ3) is 4.64. The number of nitrogens with one attached hydrogen (secondary N) is 1. The van der Waals surface area contributed by atoms with Gasteiger partial charge < -0.3 is 4.90 Å². The van der Waals surface area contributed by atoms with Crippen LogP contribution in [0.15, 0.2) is 29.2 Å². The SMILES string of the molecule is CN1CCN(NC(=O)CN2C(=O)S/C(=C\c3ccc(Cl)cc3)C2=O)CC1. The molecule has 1 aromatic rings. The molecule has 7 nitrogen and oxygen atoms in total. The van der Waals surface area contributed by atoms with Crippen LogP contribution in [-0.4, -0.2) is 71.6 Å². The van der Waals surface area contributed by atoms with E-state index in [1.165, 1.54) is 0 Å². The van der Waals surface area contributed by atoms with Gasteiger partial charge in [0.2, 0.25) is 0 Å². The Hall–Kier alpha value is -1.87. The van der Waals surface area contributed by atoms with E-state index in [0.29, 0.717) is 23.0 Å². The number of hydrazine groups is 1. The second-order valence-corrected chi connectivity index (χ2v) is 7.57. The lowest BCUT2D eigenvalue weighted by Gasteiger charge is -2.32. The normalized spacial score (nSPS) is 20.8. The van der Waals surface area contributed by atoms with Gasteiger partial charge in [0, 0.05) is 31.2 Å². The van der Waals surface area contributed by atoms with E-state index in [1.54, 1.807) is 30.3 Å². The van der Waals surface area contributed by atoms with Crippen molar-refractivity contribution < 1.29 is 14.4 Å². The van der Waals surface area contributed by atoms with Crippen LogP contribution in [-0.2, 0) is 9.59 Å². The summed E-state index contributed by atoms with van der Waals surface area (Å²) in [5, 5.41) is 1.96. The predicted octanol–water partition coefficient (Wildman–Crippen LogP) is 1.65. The van der Waals surface area contributed by atoms with E-state index in [-0.39, 0.29) is 12.5 Å². The number of benzene rings is 1. The maximum Gasteiger partial charge on any atom is 0.294 e. The summed E-state index contributed by atoms with van der Waals surface area (Å²) in [6.07, 6.45) is 1.62. The molecule has 3 amide bonds. The molecule has 0 aliphatic carbocycles. The first-order valence-electron chi connectivity index (χ1n) is 8.16. The van der Waals surface area contributed by atoms with Crippen LogP contribution < -0.4 is 5.43 Å². The van der Waals surface area contributed by atoms with Crippen molar-refractivity contribution in [3.63, 3.8) is 0 Å². The Labute approximate surface area is 160 Å². The number of hydrogen-bond donors (Lipinski definition) is 1. The van der Waals surface area contributed by atoms with E-state index in [0.717, 1.165) is 35.3 Å². The van der Waals surface area contributed by atoms with Crippen LogP contribution in [0.3, 0.4) is 0 Å². The first kappa shape index (κ1) is 18.9. The number of rotatable bonds is 4. The molecule has 0 spiro atoms. The van der Waals surface area contributed by atoms with Crippen LogP contribution in [0.5, 0.6) is 0 Å². The van der Waals surface area contributed by atoms with Gasteiger partial charge in [-0.15, -0.1) is 0 Å². The summed E-state index contributed by atoms with van der Waals surface area (Å²) in [5.74, 6) is -0.826. The van der Waals surface area contributed by atoms with Crippen LogP contribution in [0.4, 0.5) is 4.79 Å². The quantitative estimate of drug-likeness (QED) is 0.783. The highest BCUT2D eigenvalue weighted by Crippen LogP contribution is 2.32. The molecule has 26 heavy (non-hydrogen) atoms. The highest BCUT2D eigenvalue weighted by Gasteiger charge is 2.36. The fraction of sp³-hybridized carbons (Fsp3) is 0.353. The number of thioether (sulfide) groups is 1. The summed E-state index contributed by atoms with van der Waals surface area (Å²) < 4.78 is 0. The molecule has 0 bridgehead atoms. The lowest BCUT2D eigenvalue weighted by molar-refractivity contribution is -0.132. The molecule has 0 unspecified atom stereocenters. The number of nitrogens with zero attached hydrogens (tertiary/aromatic N) is 3. The maximum atomic E-state index is 12.4. The Morgan fingerprint density at radius 3 is 2.50 bits per heavy atom. The molecule has 138 valence electrons. The van der Waals surface area contributed by atoms with Crippen LogP contribution in [0.2, 0.25) is 5.02 Å². The molecule has 1 N–H and O–H groups in total. The highest BCUT2D eigenvalue weighted by atomic mass is 35.5. The Balaban J connectivity index is 1.60. The van der Waals surface area contributed by atoms with Gasteiger partial charge in [-0.25, -0.2) is 5.01 Å². The third-order valence-electron chi connectivity index (χ3n) is 4.13. The lowest BCUT2D eigenvalue weighted by atomic mass is 10.2. The summed E-state index contributed by atoms with van der Waals surface area (Å²) in [5.41, 5.74) is 3.52. The second-order valence-electron chi connectivity index (χ2n) is 6.14. The highest BCUT2D eigenvalue weighted by molar-refractivity contribution is 8.18. The zero-order valence-electron chi connectivity index (χ0n) is 14.3. The van der Waals surface area contributed by atoms with Gasteiger partial charge in [-0.1, -0.05) is 23.7 Å². The number of piperazine rings is 1. The monoisotopic (exact) mass is 394 g/mol. The number of carbonyl (C=O) groups excluding carboxylic acids is 3. The van der Waals surface area contributed by atoms with Crippen LogP contribution in [0, 0.1) is 0 Å². The Bertz CT molecular complexity index is 745. The van der Waals surface area contributed by atoms with Crippen molar-refractivity contribution in [2.45, 2.75) is 0 Å². The van der Waals surface area contributed by atoms with Crippen LogP contribution in [0.1, 0.15) is 5.56 Å². The average Bonchev–Trinajstić information content (AvgIpc) is 2.86. The van der Waals surface area contributed by atoms with Crippen LogP contribution >= 0.6 is 23.4 Å². The van der Waals surface area contributed by atoms with Gasteiger partial charge in [0.05, 0.1) is 4.91 Å². The molecule has 0 saturated carbocycles. The Morgan fingerprint density at radius 1 is 1.19 bits per heavy atom. The molecule has 0 radical (unpaired) electrons. The van der Waals surface area contributed by atoms with Crippen molar-refractivity contribution in [3.8, 4) is 0 Å². The standard InChI is InChI=1S/C17H19ClN4O3S/c1-20-6-8-21(9-7-20)19-15(23)11-22-16(24)14(26-17(22)25)10-12-2-4-13(18)5-3-12/h2-5,10H,6-9,11H2,1H3,(H,19,23)/b14-10-. The van der Waals surface area contributed by atoms with Crippen molar-refractivity contribution in [1.29, 1.82) is 0 Å². The molecule has 2 heterocycles. The maximum absolute atomic E-state index is 12.4. The van der Waals surface area contributed by atoms with Gasteiger partial charge in [-0.3, -0.25) is 24.7 Å². The fourth-order valence-corrected chi connectivity index (χ4v) is 3.58. The first-order chi connectivity index (χ1) is 12.4. The number of imide groups is 1. The molecular formula is C17H19ClN4O3S. The zero-order chi connectivity index (χ0) is 18.7. The van der Waals surface area contributed by atoms with Gasteiger partial charge in [0.25, 0.3) is 17.1 Å². The largest absolute Gasteiger partial charge is 0.304 e. The van der Waals surface area contributed by atoms with Gasteiger partial charge in [0.1, 0.15) is 6.54 Å². The smallest absolute Gasteiger partial charge is 0.294 e. The van der Waals surface area contributed by atoms with Crippen molar-refractivity contribution in [2.24, 2.45) is 0 Å². The number of halogens is 1. The van der Waals surface area contributed by atoms with Gasteiger partial charge in [-0.2, -0.15) is 0 Å². The van der Waals surface area contributed by atoms with E-state index in [2.05, 4.69) is 10.3 Å². The minimum atomic E-state index is -0.455. The third-order valence-corrected chi connectivity index (χ3v) is 5.29. The molecule has 2 aliphatic rings. The minimum absolute atomic E-state index is 0.283. The molecule has 3 rings (SSSR count). The summed E-state index contributed by atoms with van der Waals surface area (Å²) in [4.78, 5) is 40.2. The predicted molar refractivity (Wildman–Crippen MR) is 101 cm³/mol. The fourth-order valence-electron chi connectivity index (χ4n) is 2.62. The molecule has 9 heteroatoms. The van der Waals surface area contributed by atoms with E-state index < -0.39 is 11.1 Å². The van der Waals surface area contributed by atoms with Gasteiger partial charge in [0.15, 0.2) is 0 Å². The molecule has 2 aliphatic heterocycles. The average molecular weight is 395 g/mol.